The topological polar surface area (TPSA) is 85.2 Å². The summed E-state index contributed by atoms with van der Waals surface area (Å²) < 4.78 is 0. The molecule has 0 atom stereocenters. The average Bonchev–Trinajstić information content (AvgIpc) is 2.81. The number of carbonyl (C=O) groups is 1. The highest BCUT2D eigenvalue weighted by molar-refractivity contribution is 5.97. The van der Waals surface area contributed by atoms with Gasteiger partial charge in [0.05, 0.1) is 5.56 Å². The molecule has 1 aliphatic rings. The van der Waals surface area contributed by atoms with E-state index in [0.29, 0.717) is 24.5 Å². The van der Waals surface area contributed by atoms with Crippen molar-refractivity contribution in [3.05, 3.63) is 52.7 Å². The van der Waals surface area contributed by atoms with E-state index in [4.69, 9.17) is 11.5 Å². The lowest BCUT2D eigenvalue weighted by Gasteiger charge is -2.19. The Bertz CT molecular complexity index is 696. The highest BCUT2D eigenvalue weighted by Gasteiger charge is 2.24. The van der Waals surface area contributed by atoms with Crippen molar-refractivity contribution in [3.8, 4) is 0 Å². The third-order valence-electron chi connectivity index (χ3n) is 3.53. The molecule has 0 aliphatic carbocycles. The Kier molecular flexibility index (Phi) is 2.82. The molecule has 102 valence electrons. The first-order valence-corrected chi connectivity index (χ1v) is 6.44. The Balaban J connectivity index is 2.00. The Morgan fingerprint density at radius 1 is 1.20 bits per heavy atom. The molecule has 1 aliphatic heterocycles. The van der Waals surface area contributed by atoms with Gasteiger partial charge in [0.2, 0.25) is 0 Å². The average molecular weight is 268 g/mol. The van der Waals surface area contributed by atoms with E-state index in [0.717, 1.165) is 11.4 Å². The SMILES string of the molecule is Cc1ccc(C(N)=O)c(N2Cc3ccc(N)cc3C2)n1. The number of nitrogens with zero attached hydrogens (tertiary/aromatic N) is 2. The summed E-state index contributed by atoms with van der Waals surface area (Å²) in [4.78, 5) is 18.1. The molecule has 3 rings (SSSR count). The number of hydrogen-bond donors (Lipinski definition) is 2. The fourth-order valence-corrected chi connectivity index (χ4v) is 2.54. The minimum Gasteiger partial charge on any atom is -0.399 e. The van der Waals surface area contributed by atoms with Crippen LogP contribution in [0.25, 0.3) is 0 Å². The third-order valence-corrected chi connectivity index (χ3v) is 3.53. The maximum atomic E-state index is 11.6. The molecule has 1 amide bonds. The van der Waals surface area contributed by atoms with Gasteiger partial charge in [-0.05, 0) is 42.3 Å². The van der Waals surface area contributed by atoms with Crippen LogP contribution in [0.3, 0.4) is 0 Å². The normalized spacial score (nSPS) is 13.3. The van der Waals surface area contributed by atoms with E-state index >= 15 is 0 Å². The third kappa shape index (κ3) is 2.07. The van der Waals surface area contributed by atoms with Gasteiger partial charge in [-0.25, -0.2) is 4.98 Å². The summed E-state index contributed by atoms with van der Waals surface area (Å²) in [6, 6.07) is 9.41. The Hall–Kier alpha value is -2.56. The second kappa shape index (κ2) is 4.52. The maximum absolute atomic E-state index is 11.6. The maximum Gasteiger partial charge on any atom is 0.252 e. The summed E-state index contributed by atoms with van der Waals surface area (Å²) in [6.45, 7) is 3.30. The summed E-state index contributed by atoms with van der Waals surface area (Å²) in [5, 5.41) is 0. The molecular weight excluding hydrogens is 252 g/mol. The standard InChI is InChI=1S/C15H16N4O/c1-9-2-5-13(14(17)20)15(18-9)19-7-10-3-4-12(16)6-11(10)8-19/h2-6H,7-8,16H2,1H3,(H2,17,20). The molecule has 0 saturated carbocycles. The smallest absolute Gasteiger partial charge is 0.252 e. The van der Waals surface area contributed by atoms with E-state index in [-0.39, 0.29) is 0 Å². The van der Waals surface area contributed by atoms with Crippen LogP contribution in [0.2, 0.25) is 0 Å². The second-order valence-corrected chi connectivity index (χ2v) is 5.07. The molecule has 0 bridgehead atoms. The van der Waals surface area contributed by atoms with Crippen LogP contribution in [-0.4, -0.2) is 10.9 Å². The van der Waals surface area contributed by atoms with Gasteiger partial charge in [-0.3, -0.25) is 4.79 Å². The molecule has 4 N–H and O–H groups in total. The first-order valence-electron chi connectivity index (χ1n) is 6.44. The van der Waals surface area contributed by atoms with Gasteiger partial charge in [0, 0.05) is 24.5 Å². The van der Waals surface area contributed by atoms with Crippen LogP contribution in [0, 0.1) is 6.92 Å². The molecule has 0 fully saturated rings. The van der Waals surface area contributed by atoms with Crippen LogP contribution < -0.4 is 16.4 Å². The minimum atomic E-state index is -0.456. The summed E-state index contributed by atoms with van der Waals surface area (Å²) in [6.07, 6.45) is 0. The van der Waals surface area contributed by atoms with Gasteiger partial charge >= 0.3 is 0 Å². The highest BCUT2D eigenvalue weighted by Crippen LogP contribution is 2.30. The molecule has 0 saturated heterocycles. The lowest BCUT2D eigenvalue weighted by Crippen LogP contribution is -2.22. The van der Waals surface area contributed by atoms with Crippen LogP contribution in [0.4, 0.5) is 11.5 Å². The van der Waals surface area contributed by atoms with E-state index in [9.17, 15) is 4.79 Å². The summed E-state index contributed by atoms with van der Waals surface area (Å²) in [7, 11) is 0. The van der Waals surface area contributed by atoms with Crippen LogP contribution >= 0.6 is 0 Å². The Morgan fingerprint density at radius 3 is 2.70 bits per heavy atom. The van der Waals surface area contributed by atoms with E-state index < -0.39 is 5.91 Å². The zero-order valence-corrected chi connectivity index (χ0v) is 11.3. The number of amides is 1. The zero-order valence-electron chi connectivity index (χ0n) is 11.3. The van der Waals surface area contributed by atoms with Crippen molar-refractivity contribution in [3.63, 3.8) is 0 Å². The molecule has 0 spiro atoms. The molecular formula is C15H16N4O. The predicted molar refractivity (Wildman–Crippen MR) is 78.2 cm³/mol. The number of pyridine rings is 1. The fraction of sp³-hybridized carbons (Fsp3) is 0.200. The molecule has 0 radical (unpaired) electrons. The lowest BCUT2D eigenvalue weighted by molar-refractivity contribution is 0.100. The van der Waals surface area contributed by atoms with E-state index in [1.54, 1.807) is 12.1 Å². The number of anilines is 2. The number of nitrogens with two attached hydrogens (primary N) is 2. The number of aryl methyl sites for hydroxylation is 1. The van der Waals surface area contributed by atoms with E-state index in [1.807, 2.05) is 25.1 Å². The van der Waals surface area contributed by atoms with Gasteiger partial charge < -0.3 is 16.4 Å². The van der Waals surface area contributed by atoms with Gasteiger partial charge in [0.1, 0.15) is 5.82 Å². The zero-order chi connectivity index (χ0) is 14.3. The largest absolute Gasteiger partial charge is 0.399 e. The molecule has 1 aromatic carbocycles. The van der Waals surface area contributed by atoms with Crippen molar-refractivity contribution in [1.82, 2.24) is 4.98 Å². The van der Waals surface area contributed by atoms with Crippen LogP contribution in [0.5, 0.6) is 0 Å². The Labute approximate surface area is 117 Å². The first-order chi connectivity index (χ1) is 9.54. The summed E-state index contributed by atoms with van der Waals surface area (Å²) >= 11 is 0. The lowest BCUT2D eigenvalue weighted by atomic mass is 10.1. The number of fused-ring (bicyclic) bond motifs is 1. The van der Waals surface area contributed by atoms with Crippen molar-refractivity contribution in [2.45, 2.75) is 20.0 Å². The Morgan fingerprint density at radius 2 is 1.95 bits per heavy atom. The summed E-state index contributed by atoms with van der Waals surface area (Å²) in [5.41, 5.74) is 15.7. The van der Waals surface area contributed by atoms with E-state index in [1.165, 1.54) is 11.1 Å². The number of rotatable bonds is 2. The van der Waals surface area contributed by atoms with Gasteiger partial charge in [-0.2, -0.15) is 0 Å². The molecule has 20 heavy (non-hydrogen) atoms. The minimum absolute atomic E-state index is 0.455. The van der Waals surface area contributed by atoms with Crippen molar-refractivity contribution < 1.29 is 4.79 Å². The van der Waals surface area contributed by atoms with Gasteiger partial charge in [-0.15, -0.1) is 0 Å². The van der Waals surface area contributed by atoms with Crippen LogP contribution in [0.1, 0.15) is 27.2 Å². The molecule has 0 unspecified atom stereocenters. The van der Waals surface area contributed by atoms with Crippen molar-refractivity contribution in [1.29, 1.82) is 0 Å². The predicted octanol–water partition coefficient (Wildman–Crippen LogP) is 1.59. The highest BCUT2D eigenvalue weighted by atomic mass is 16.1. The molecule has 5 nitrogen and oxygen atoms in total. The molecule has 2 heterocycles. The van der Waals surface area contributed by atoms with Crippen LogP contribution in [0.15, 0.2) is 30.3 Å². The molecule has 2 aromatic rings. The molecule has 5 heteroatoms. The summed E-state index contributed by atoms with van der Waals surface area (Å²) in [5.74, 6) is 0.190. The number of hydrogen-bond acceptors (Lipinski definition) is 4. The number of primary amides is 1. The quantitative estimate of drug-likeness (QED) is 0.810. The van der Waals surface area contributed by atoms with E-state index in [2.05, 4.69) is 9.88 Å². The number of nitrogen functional groups attached to an aromatic ring is 1. The van der Waals surface area contributed by atoms with Crippen molar-refractivity contribution in [2.24, 2.45) is 5.73 Å². The van der Waals surface area contributed by atoms with Gasteiger partial charge in [0.25, 0.3) is 5.91 Å². The fourth-order valence-electron chi connectivity index (χ4n) is 2.54. The number of carbonyl (C=O) groups excluding carboxylic acids is 1. The second-order valence-electron chi connectivity index (χ2n) is 5.07. The number of aromatic nitrogens is 1. The van der Waals surface area contributed by atoms with Crippen LogP contribution in [-0.2, 0) is 13.1 Å². The van der Waals surface area contributed by atoms with Gasteiger partial charge in [0.15, 0.2) is 0 Å². The van der Waals surface area contributed by atoms with Gasteiger partial charge in [-0.1, -0.05) is 6.07 Å². The molecule has 1 aromatic heterocycles. The van der Waals surface area contributed by atoms with Crippen molar-refractivity contribution in [2.75, 3.05) is 10.6 Å². The van der Waals surface area contributed by atoms with Crippen molar-refractivity contribution >= 4 is 17.4 Å². The number of benzene rings is 1. The first kappa shape index (κ1) is 12.5. The monoisotopic (exact) mass is 268 g/mol.